The van der Waals surface area contributed by atoms with Crippen molar-refractivity contribution in [3.05, 3.63) is 65.2 Å². The van der Waals surface area contributed by atoms with Gasteiger partial charge < -0.3 is 10.5 Å². The molecule has 0 amide bonds. The molecule has 0 aliphatic carbocycles. The van der Waals surface area contributed by atoms with Crippen molar-refractivity contribution in [1.82, 2.24) is 0 Å². The Morgan fingerprint density at radius 1 is 1.21 bits per heavy atom. The van der Waals surface area contributed by atoms with Gasteiger partial charge in [-0.05, 0) is 30.7 Å². The van der Waals surface area contributed by atoms with Gasteiger partial charge in [0.1, 0.15) is 11.9 Å². The van der Waals surface area contributed by atoms with Gasteiger partial charge in [0.15, 0.2) is 0 Å². The summed E-state index contributed by atoms with van der Waals surface area (Å²) in [6, 6.07) is 17.3. The fourth-order valence-electron chi connectivity index (χ4n) is 1.93. The Hall–Kier alpha value is -2.31. The van der Waals surface area contributed by atoms with Gasteiger partial charge in [-0.3, -0.25) is 0 Å². The normalized spacial score (nSPS) is 11.6. The van der Waals surface area contributed by atoms with E-state index in [2.05, 4.69) is 12.1 Å². The van der Waals surface area contributed by atoms with Crippen molar-refractivity contribution in [1.29, 1.82) is 5.26 Å². The number of nitriles is 1. The van der Waals surface area contributed by atoms with Crippen LogP contribution in [0.2, 0.25) is 0 Å². The minimum Gasteiger partial charge on any atom is -0.484 e. The van der Waals surface area contributed by atoms with E-state index in [1.807, 2.05) is 31.2 Å². The van der Waals surface area contributed by atoms with E-state index >= 15 is 0 Å². The third kappa shape index (κ3) is 3.34. The second-order valence-electron chi connectivity index (χ2n) is 4.40. The van der Waals surface area contributed by atoms with Crippen molar-refractivity contribution in [3.63, 3.8) is 0 Å². The number of aryl methyl sites for hydroxylation is 1. The van der Waals surface area contributed by atoms with Crippen LogP contribution in [0.1, 0.15) is 22.8 Å². The fourth-order valence-corrected chi connectivity index (χ4v) is 1.93. The predicted molar refractivity (Wildman–Crippen MR) is 74.8 cm³/mol. The van der Waals surface area contributed by atoms with Crippen LogP contribution in [-0.4, -0.2) is 6.54 Å². The highest BCUT2D eigenvalue weighted by Gasteiger charge is 2.11. The van der Waals surface area contributed by atoms with Crippen LogP contribution in [0.3, 0.4) is 0 Å². The van der Waals surface area contributed by atoms with Crippen LogP contribution in [-0.2, 0) is 0 Å². The van der Waals surface area contributed by atoms with Gasteiger partial charge in [-0.1, -0.05) is 35.9 Å². The first-order valence-electron chi connectivity index (χ1n) is 6.16. The largest absolute Gasteiger partial charge is 0.484 e. The van der Waals surface area contributed by atoms with Gasteiger partial charge in [0.25, 0.3) is 0 Å². The van der Waals surface area contributed by atoms with Crippen molar-refractivity contribution in [2.75, 3.05) is 6.54 Å². The molecule has 0 saturated carbocycles. The maximum Gasteiger partial charge on any atom is 0.136 e. The summed E-state index contributed by atoms with van der Waals surface area (Å²) in [5.41, 5.74) is 8.58. The lowest BCUT2D eigenvalue weighted by Gasteiger charge is -2.18. The molecule has 96 valence electrons. The molecule has 0 aliphatic heterocycles. The van der Waals surface area contributed by atoms with Gasteiger partial charge in [0.2, 0.25) is 0 Å². The van der Waals surface area contributed by atoms with Crippen molar-refractivity contribution in [2.24, 2.45) is 5.73 Å². The van der Waals surface area contributed by atoms with Gasteiger partial charge in [-0.25, -0.2) is 0 Å². The molecule has 0 aromatic heterocycles. The van der Waals surface area contributed by atoms with E-state index in [9.17, 15) is 0 Å². The lowest BCUT2D eigenvalue weighted by Crippen LogP contribution is -2.18. The second-order valence-corrected chi connectivity index (χ2v) is 4.40. The zero-order chi connectivity index (χ0) is 13.7. The zero-order valence-corrected chi connectivity index (χ0v) is 10.8. The van der Waals surface area contributed by atoms with E-state index in [1.54, 1.807) is 18.2 Å². The van der Waals surface area contributed by atoms with Crippen LogP contribution in [0.5, 0.6) is 5.75 Å². The first-order chi connectivity index (χ1) is 9.22. The molecule has 0 heterocycles. The average molecular weight is 252 g/mol. The molecule has 0 fully saturated rings. The van der Waals surface area contributed by atoms with Gasteiger partial charge in [0, 0.05) is 6.54 Å². The maximum atomic E-state index is 8.88. The van der Waals surface area contributed by atoms with Crippen LogP contribution < -0.4 is 10.5 Å². The molecule has 0 aliphatic rings. The van der Waals surface area contributed by atoms with Crippen LogP contribution in [0.15, 0.2) is 48.5 Å². The highest BCUT2D eigenvalue weighted by molar-refractivity contribution is 5.37. The molecule has 2 aromatic rings. The quantitative estimate of drug-likeness (QED) is 0.910. The molecule has 1 atom stereocenters. The summed E-state index contributed by atoms with van der Waals surface area (Å²) < 4.78 is 5.87. The van der Waals surface area contributed by atoms with Crippen LogP contribution >= 0.6 is 0 Å². The summed E-state index contributed by atoms with van der Waals surface area (Å²) in [6.45, 7) is 2.42. The summed E-state index contributed by atoms with van der Waals surface area (Å²) >= 11 is 0. The van der Waals surface area contributed by atoms with Crippen molar-refractivity contribution >= 4 is 0 Å². The molecule has 3 nitrogen and oxygen atoms in total. The predicted octanol–water partition coefficient (Wildman–Crippen LogP) is 2.95. The first-order valence-corrected chi connectivity index (χ1v) is 6.16. The van der Waals surface area contributed by atoms with Gasteiger partial charge in [-0.15, -0.1) is 0 Å². The number of hydrogen-bond acceptors (Lipinski definition) is 3. The molecule has 2 aromatic carbocycles. The minimum absolute atomic E-state index is 0.200. The van der Waals surface area contributed by atoms with E-state index in [4.69, 9.17) is 15.7 Å². The molecule has 0 bridgehead atoms. The van der Waals surface area contributed by atoms with E-state index in [1.165, 1.54) is 5.56 Å². The summed E-state index contributed by atoms with van der Waals surface area (Å²) in [4.78, 5) is 0. The highest BCUT2D eigenvalue weighted by Crippen LogP contribution is 2.22. The van der Waals surface area contributed by atoms with Crippen molar-refractivity contribution in [2.45, 2.75) is 13.0 Å². The molecule has 19 heavy (non-hydrogen) atoms. The number of hydrogen-bond donors (Lipinski definition) is 1. The van der Waals surface area contributed by atoms with Gasteiger partial charge >= 0.3 is 0 Å². The third-order valence-electron chi connectivity index (χ3n) is 2.87. The van der Waals surface area contributed by atoms with Crippen LogP contribution in [0, 0.1) is 18.3 Å². The number of ether oxygens (including phenoxy) is 1. The molecule has 1 unspecified atom stereocenters. The number of benzene rings is 2. The smallest absolute Gasteiger partial charge is 0.136 e. The Kier molecular flexibility index (Phi) is 4.17. The zero-order valence-electron chi connectivity index (χ0n) is 10.8. The molecule has 2 N–H and O–H groups in total. The Bertz CT molecular complexity index is 602. The van der Waals surface area contributed by atoms with E-state index < -0.39 is 0 Å². The first kappa shape index (κ1) is 13.1. The highest BCUT2D eigenvalue weighted by atomic mass is 16.5. The Morgan fingerprint density at radius 3 is 2.68 bits per heavy atom. The van der Waals surface area contributed by atoms with Gasteiger partial charge in [-0.2, -0.15) is 5.26 Å². The summed E-state index contributed by atoms with van der Waals surface area (Å²) in [6.07, 6.45) is -0.200. The van der Waals surface area contributed by atoms with E-state index in [0.717, 1.165) is 5.56 Å². The fraction of sp³-hybridized carbons (Fsp3) is 0.188. The Morgan fingerprint density at radius 2 is 2.00 bits per heavy atom. The molecular formula is C16H16N2O. The Balaban J connectivity index is 2.21. The number of rotatable bonds is 4. The van der Waals surface area contributed by atoms with E-state index in [0.29, 0.717) is 17.9 Å². The summed E-state index contributed by atoms with van der Waals surface area (Å²) in [5.74, 6) is 0.663. The van der Waals surface area contributed by atoms with Crippen molar-refractivity contribution < 1.29 is 4.74 Å². The molecule has 3 heteroatoms. The second kappa shape index (κ2) is 6.03. The molecule has 0 saturated heterocycles. The minimum atomic E-state index is -0.200. The molecule has 0 radical (unpaired) electrons. The molecule has 0 spiro atoms. The lowest BCUT2D eigenvalue weighted by molar-refractivity contribution is 0.214. The standard InChI is InChI=1S/C16H16N2O/c1-12-4-2-6-14(8-12)16(11-18)19-15-7-3-5-13(9-15)10-17/h2-9,16H,11,18H2,1H3. The third-order valence-corrected chi connectivity index (χ3v) is 2.87. The number of nitrogens with two attached hydrogens (primary N) is 1. The molecular weight excluding hydrogens is 236 g/mol. The maximum absolute atomic E-state index is 8.88. The number of nitrogens with zero attached hydrogens (tertiary/aromatic N) is 1. The van der Waals surface area contributed by atoms with Crippen molar-refractivity contribution in [3.8, 4) is 11.8 Å². The Labute approximate surface area is 113 Å². The SMILES string of the molecule is Cc1cccc(C(CN)Oc2cccc(C#N)c2)c1. The topological polar surface area (TPSA) is 59.0 Å². The van der Waals surface area contributed by atoms with Crippen LogP contribution in [0.25, 0.3) is 0 Å². The summed E-state index contributed by atoms with van der Waals surface area (Å²) in [7, 11) is 0. The molecule has 2 rings (SSSR count). The van der Waals surface area contributed by atoms with Gasteiger partial charge in [0.05, 0.1) is 11.6 Å². The van der Waals surface area contributed by atoms with Crippen LogP contribution in [0.4, 0.5) is 0 Å². The van der Waals surface area contributed by atoms with E-state index in [-0.39, 0.29) is 6.10 Å². The lowest BCUT2D eigenvalue weighted by atomic mass is 10.1. The monoisotopic (exact) mass is 252 g/mol. The summed E-state index contributed by atoms with van der Waals surface area (Å²) in [5, 5.41) is 8.88. The average Bonchev–Trinajstić information content (AvgIpc) is 2.45.